The summed E-state index contributed by atoms with van der Waals surface area (Å²) < 4.78 is 77.2. The van der Waals surface area contributed by atoms with E-state index in [-0.39, 0.29) is 18.8 Å². The first kappa shape index (κ1) is 15.6. The first-order chi connectivity index (χ1) is 8.70. The summed E-state index contributed by atoms with van der Waals surface area (Å²) in [4.78, 5) is 0. The molecule has 2 nitrogen and oxygen atoms in total. The molecule has 0 aliphatic rings. The number of hydrogen-bond acceptors (Lipinski definition) is 2. The van der Waals surface area contributed by atoms with Crippen molar-refractivity contribution >= 4 is 5.69 Å². The molecule has 0 saturated heterocycles. The molecule has 1 aromatic rings. The Balaban J connectivity index is 2.46. The molecule has 0 spiro atoms. The Hall–Kier alpha value is -1.44. The first-order valence-electron chi connectivity index (χ1n) is 5.25. The molecule has 1 N–H and O–H groups in total. The fourth-order valence-electron chi connectivity index (χ4n) is 1.33. The van der Waals surface area contributed by atoms with Gasteiger partial charge in [0.15, 0.2) is 0 Å². The Morgan fingerprint density at radius 3 is 2.21 bits per heavy atom. The van der Waals surface area contributed by atoms with Crippen LogP contribution >= 0.6 is 0 Å². The number of ether oxygens (including phenoxy) is 1. The van der Waals surface area contributed by atoms with Gasteiger partial charge in [-0.05, 0) is 12.1 Å². The topological polar surface area (TPSA) is 21.3 Å². The van der Waals surface area contributed by atoms with Crippen molar-refractivity contribution in [2.24, 2.45) is 0 Å². The van der Waals surface area contributed by atoms with Crippen LogP contribution in [-0.2, 0) is 10.9 Å². The highest BCUT2D eigenvalue weighted by molar-refractivity contribution is 5.52. The molecule has 1 rings (SSSR count). The summed E-state index contributed by atoms with van der Waals surface area (Å²) in [5.41, 5.74) is -1.06. The van der Waals surface area contributed by atoms with Gasteiger partial charge in [-0.15, -0.1) is 0 Å². The maximum Gasteiger partial charge on any atom is 0.418 e. The van der Waals surface area contributed by atoms with Crippen molar-refractivity contribution in [1.82, 2.24) is 0 Å². The van der Waals surface area contributed by atoms with Crippen molar-refractivity contribution in [3.8, 4) is 0 Å². The van der Waals surface area contributed by atoms with E-state index in [2.05, 4.69) is 10.1 Å². The second kappa shape index (κ2) is 6.14. The van der Waals surface area contributed by atoms with Gasteiger partial charge in [0.05, 0.1) is 12.2 Å². The predicted octanol–water partition coefficient (Wildman–Crippen LogP) is 3.70. The molecule has 0 bridgehead atoms. The van der Waals surface area contributed by atoms with E-state index >= 15 is 0 Å². The minimum absolute atomic E-state index is 0.150. The fourth-order valence-corrected chi connectivity index (χ4v) is 1.33. The van der Waals surface area contributed by atoms with E-state index in [1.807, 2.05) is 0 Å². The summed E-state index contributed by atoms with van der Waals surface area (Å²) in [6, 6.07) is 4.72. The Kier molecular flexibility index (Phi) is 5.04. The molecule has 19 heavy (non-hydrogen) atoms. The quantitative estimate of drug-likeness (QED) is 0.658. The van der Waals surface area contributed by atoms with E-state index in [0.717, 1.165) is 6.07 Å². The third-order valence-electron chi connectivity index (χ3n) is 2.06. The maximum atomic E-state index is 12.6. The Bertz CT molecular complexity index is 401. The lowest BCUT2D eigenvalue weighted by molar-refractivity contribution is -0.172. The van der Waals surface area contributed by atoms with Crippen LogP contribution in [-0.4, -0.2) is 25.9 Å². The van der Waals surface area contributed by atoms with Crippen LogP contribution < -0.4 is 5.32 Å². The molecule has 0 aromatic heterocycles. The third kappa shape index (κ3) is 5.82. The van der Waals surface area contributed by atoms with Gasteiger partial charge < -0.3 is 10.1 Å². The van der Waals surface area contributed by atoms with Crippen molar-refractivity contribution in [2.45, 2.75) is 12.4 Å². The maximum absolute atomic E-state index is 12.6. The standard InChI is InChI=1S/C11H11F6NO/c12-10(13,14)7-19-6-5-18-9-4-2-1-3-8(9)11(15,16)17/h1-4,18H,5-7H2. The summed E-state index contributed by atoms with van der Waals surface area (Å²) in [5.74, 6) is 0. The van der Waals surface area contributed by atoms with Gasteiger partial charge in [-0.3, -0.25) is 0 Å². The molecule has 0 atom stereocenters. The zero-order chi connectivity index (χ0) is 14.5. The van der Waals surface area contributed by atoms with Gasteiger partial charge in [0.2, 0.25) is 0 Å². The summed E-state index contributed by atoms with van der Waals surface area (Å²) in [6.07, 6.45) is -8.96. The number of anilines is 1. The van der Waals surface area contributed by atoms with E-state index in [4.69, 9.17) is 0 Å². The van der Waals surface area contributed by atoms with E-state index in [0.29, 0.717) is 0 Å². The molecule has 0 aliphatic heterocycles. The van der Waals surface area contributed by atoms with E-state index in [1.165, 1.54) is 18.2 Å². The SMILES string of the molecule is FC(F)(F)COCCNc1ccccc1C(F)(F)F. The van der Waals surface area contributed by atoms with Gasteiger partial charge in [-0.2, -0.15) is 26.3 Å². The highest BCUT2D eigenvalue weighted by Crippen LogP contribution is 2.34. The smallest absolute Gasteiger partial charge is 0.382 e. The average Bonchev–Trinajstić information content (AvgIpc) is 2.26. The molecular weight excluding hydrogens is 276 g/mol. The number of alkyl halides is 6. The zero-order valence-corrected chi connectivity index (χ0v) is 9.61. The minimum Gasteiger partial charge on any atom is -0.382 e. The summed E-state index contributed by atoms with van der Waals surface area (Å²) in [6.45, 7) is -1.91. The lowest BCUT2D eigenvalue weighted by Crippen LogP contribution is -2.20. The monoisotopic (exact) mass is 287 g/mol. The van der Waals surface area contributed by atoms with Crippen molar-refractivity contribution in [2.75, 3.05) is 25.1 Å². The van der Waals surface area contributed by atoms with Crippen LogP contribution in [0.15, 0.2) is 24.3 Å². The van der Waals surface area contributed by atoms with Gasteiger partial charge in [0.1, 0.15) is 6.61 Å². The molecule has 0 amide bonds. The molecule has 0 fully saturated rings. The molecule has 0 unspecified atom stereocenters. The van der Waals surface area contributed by atoms with Gasteiger partial charge >= 0.3 is 12.4 Å². The normalized spacial score (nSPS) is 12.5. The van der Waals surface area contributed by atoms with Crippen LogP contribution in [0.5, 0.6) is 0 Å². The lowest BCUT2D eigenvalue weighted by Gasteiger charge is -2.14. The van der Waals surface area contributed by atoms with Gasteiger partial charge in [-0.1, -0.05) is 12.1 Å². The van der Waals surface area contributed by atoms with Crippen molar-refractivity contribution in [1.29, 1.82) is 0 Å². The number of rotatable bonds is 5. The highest BCUT2D eigenvalue weighted by atomic mass is 19.4. The summed E-state index contributed by atoms with van der Waals surface area (Å²) in [7, 11) is 0. The van der Waals surface area contributed by atoms with E-state index < -0.39 is 24.5 Å². The van der Waals surface area contributed by atoms with Gasteiger partial charge in [0, 0.05) is 12.2 Å². The second-order valence-corrected chi connectivity index (χ2v) is 3.64. The Morgan fingerprint density at radius 2 is 1.63 bits per heavy atom. The van der Waals surface area contributed by atoms with Crippen molar-refractivity contribution < 1.29 is 31.1 Å². The van der Waals surface area contributed by atoms with Crippen LogP contribution in [0.2, 0.25) is 0 Å². The zero-order valence-electron chi connectivity index (χ0n) is 9.61. The number of nitrogens with one attached hydrogen (secondary N) is 1. The van der Waals surface area contributed by atoms with E-state index in [9.17, 15) is 26.3 Å². The van der Waals surface area contributed by atoms with Gasteiger partial charge in [-0.25, -0.2) is 0 Å². The molecule has 0 radical (unpaired) electrons. The van der Waals surface area contributed by atoms with Crippen LogP contribution in [0, 0.1) is 0 Å². The number of benzene rings is 1. The van der Waals surface area contributed by atoms with Crippen LogP contribution in [0.4, 0.5) is 32.0 Å². The largest absolute Gasteiger partial charge is 0.418 e. The Morgan fingerprint density at radius 1 is 1.00 bits per heavy atom. The van der Waals surface area contributed by atoms with Crippen molar-refractivity contribution in [3.63, 3.8) is 0 Å². The highest BCUT2D eigenvalue weighted by Gasteiger charge is 2.33. The third-order valence-corrected chi connectivity index (χ3v) is 2.06. The fraction of sp³-hybridized carbons (Fsp3) is 0.455. The Labute approximate surface area is 105 Å². The molecule has 8 heteroatoms. The van der Waals surface area contributed by atoms with Crippen LogP contribution in [0.25, 0.3) is 0 Å². The number of para-hydroxylation sites is 1. The molecule has 0 aliphatic carbocycles. The van der Waals surface area contributed by atoms with Gasteiger partial charge in [0.25, 0.3) is 0 Å². The van der Waals surface area contributed by atoms with Crippen LogP contribution in [0.3, 0.4) is 0 Å². The summed E-state index contributed by atoms with van der Waals surface area (Å²) in [5, 5.41) is 2.39. The molecule has 1 aromatic carbocycles. The predicted molar refractivity (Wildman–Crippen MR) is 56.8 cm³/mol. The van der Waals surface area contributed by atoms with Crippen LogP contribution in [0.1, 0.15) is 5.56 Å². The first-order valence-corrected chi connectivity index (χ1v) is 5.25. The van der Waals surface area contributed by atoms with Crippen molar-refractivity contribution in [3.05, 3.63) is 29.8 Å². The second-order valence-electron chi connectivity index (χ2n) is 3.64. The number of hydrogen-bond donors (Lipinski definition) is 1. The molecule has 0 saturated carbocycles. The summed E-state index contributed by atoms with van der Waals surface area (Å²) >= 11 is 0. The molecule has 0 heterocycles. The minimum atomic E-state index is -4.52. The van der Waals surface area contributed by atoms with E-state index in [1.54, 1.807) is 0 Å². The average molecular weight is 287 g/mol. The molecule has 108 valence electrons. The number of halogens is 6. The molecular formula is C11H11F6NO. The lowest BCUT2D eigenvalue weighted by atomic mass is 10.1.